The Labute approximate surface area is 357 Å². The molecule has 11 rings (SSSR count). The molecule has 0 saturated carbocycles. The van der Waals surface area contributed by atoms with Crippen LogP contribution in [0.1, 0.15) is 25.0 Å². The summed E-state index contributed by atoms with van der Waals surface area (Å²) in [4.78, 5) is 10.4. The molecule has 288 valence electrons. The zero-order valence-electron chi connectivity index (χ0n) is 34.2. The van der Waals surface area contributed by atoms with Crippen molar-refractivity contribution in [1.82, 2.24) is 9.97 Å². The minimum atomic E-state index is -0.0402. The molecule has 0 spiro atoms. The molecule has 0 unspecified atom stereocenters. The van der Waals surface area contributed by atoms with Crippen LogP contribution >= 0.6 is 0 Å². The lowest BCUT2D eigenvalue weighted by Gasteiger charge is -2.21. The summed E-state index contributed by atoms with van der Waals surface area (Å²) in [5.41, 5.74) is 19.8. The largest absolute Gasteiger partial charge is 0.228 e. The summed E-state index contributed by atoms with van der Waals surface area (Å²) in [6.45, 7) is 4.68. The molecule has 0 N–H and O–H groups in total. The average Bonchev–Trinajstić information content (AvgIpc) is 3.56. The fourth-order valence-corrected chi connectivity index (χ4v) is 9.33. The fourth-order valence-electron chi connectivity index (χ4n) is 9.33. The van der Waals surface area contributed by atoms with Gasteiger partial charge in [0.25, 0.3) is 0 Å². The van der Waals surface area contributed by atoms with E-state index in [0.29, 0.717) is 5.82 Å². The van der Waals surface area contributed by atoms with Crippen molar-refractivity contribution in [3.05, 3.63) is 230 Å². The Morgan fingerprint density at radius 1 is 0.279 bits per heavy atom. The maximum absolute atomic E-state index is 5.27. The summed E-state index contributed by atoms with van der Waals surface area (Å²) in [6, 6.07) is 78.7. The van der Waals surface area contributed by atoms with Crippen LogP contribution < -0.4 is 0 Å². The molecule has 1 aliphatic carbocycles. The monoisotopic (exact) mass is 778 g/mol. The summed E-state index contributed by atoms with van der Waals surface area (Å²) in [6.07, 6.45) is 0. The average molecular weight is 779 g/mol. The molecule has 0 amide bonds. The second-order valence-electron chi connectivity index (χ2n) is 16.6. The van der Waals surface area contributed by atoms with E-state index in [0.717, 1.165) is 33.5 Å². The maximum atomic E-state index is 5.27. The molecule has 0 atom stereocenters. The highest BCUT2D eigenvalue weighted by Gasteiger charge is 2.35. The van der Waals surface area contributed by atoms with Gasteiger partial charge in [-0.15, -0.1) is 0 Å². The molecule has 0 bridgehead atoms. The lowest BCUT2D eigenvalue weighted by Crippen LogP contribution is -2.14. The van der Waals surface area contributed by atoms with Crippen molar-refractivity contribution in [2.24, 2.45) is 0 Å². The van der Waals surface area contributed by atoms with Gasteiger partial charge in [-0.2, -0.15) is 0 Å². The second-order valence-corrected chi connectivity index (χ2v) is 16.6. The quantitative estimate of drug-likeness (QED) is 0.161. The van der Waals surface area contributed by atoms with E-state index in [2.05, 4.69) is 214 Å². The van der Waals surface area contributed by atoms with E-state index >= 15 is 0 Å². The van der Waals surface area contributed by atoms with Crippen LogP contribution in [0.25, 0.3) is 100 Å². The third-order valence-corrected chi connectivity index (χ3v) is 12.5. The number of hydrogen-bond donors (Lipinski definition) is 0. The summed E-state index contributed by atoms with van der Waals surface area (Å²) >= 11 is 0. The van der Waals surface area contributed by atoms with Crippen LogP contribution in [0, 0.1) is 0 Å². The van der Waals surface area contributed by atoms with E-state index in [1.165, 1.54) is 72.1 Å². The zero-order chi connectivity index (χ0) is 40.9. The zero-order valence-corrected chi connectivity index (χ0v) is 34.2. The van der Waals surface area contributed by atoms with Crippen molar-refractivity contribution in [3.8, 4) is 89.5 Å². The van der Waals surface area contributed by atoms with Gasteiger partial charge >= 0.3 is 0 Å². The van der Waals surface area contributed by atoms with Gasteiger partial charge in [-0.1, -0.05) is 202 Å². The van der Waals surface area contributed by atoms with Gasteiger partial charge in [0, 0.05) is 22.1 Å². The Kier molecular flexibility index (Phi) is 8.86. The summed E-state index contributed by atoms with van der Waals surface area (Å²) in [5, 5.41) is 2.32. The van der Waals surface area contributed by atoms with E-state index in [4.69, 9.17) is 9.97 Å². The van der Waals surface area contributed by atoms with E-state index in [1.807, 2.05) is 18.2 Å². The lowest BCUT2D eigenvalue weighted by molar-refractivity contribution is 0.660. The summed E-state index contributed by atoms with van der Waals surface area (Å²) in [7, 11) is 0. The van der Waals surface area contributed by atoms with Crippen LogP contribution in [0.15, 0.2) is 218 Å². The summed E-state index contributed by atoms with van der Waals surface area (Å²) in [5.74, 6) is 0.703. The Bertz CT molecular complexity index is 3240. The van der Waals surface area contributed by atoms with Crippen molar-refractivity contribution >= 4 is 10.8 Å². The van der Waals surface area contributed by atoms with Gasteiger partial charge in [-0.05, 0) is 108 Å². The van der Waals surface area contributed by atoms with Crippen molar-refractivity contribution < 1.29 is 0 Å². The van der Waals surface area contributed by atoms with Gasteiger partial charge < -0.3 is 0 Å². The third-order valence-electron chi connectivity index (χ3n) is 12.5. The summed E-state index contributed by atoms with van der Waals surface area (Å²) < 4.78 is 0. The molecule has 1 heterocycles. The lowest BCUT2D eigenvalue weighted by atomic mass is 9.82. The van der Waals surface area contributed by atoms with Gasteiger partial charge in [0.15, 0.2) is 5.82 Å². The van der Waals surface area contributed by atoms with Crippen LogP contribution in [-0.4, -0.2) is 9.97 Å². The number of aromatic nitrogens is 2. The first kappa shape index (κ1) is 36.4. The minimum absolute atomic E-state index is 0.0402. The molecule has 0 fully saturated rings. The van der Waals surface area contributed by atoms with Crippen LogP contribution in [0.5, 0.6) is 0 Å². The molecule has 2 nitrogen and oxygen atoms in total. The van der Waals surface area contributed by atoms with Crippen LogP contribution in [-0.2, 0) is 5.41 Å². The molecule has 1 aliphatic rings. The van der Waals surface area contributed by atoms with Gasteiger partial charge in [-0.25, -0.2) is 9.97 Å². The predicted molar refractivity (Wildman–Crippen MR) is 255 cm³/mol. The number of hydrogen-bond acceptors (Lipinski definition) is 2. The first-order chi connectivity index (χ1) is 30.0. The molecular weight excluding hydrogens is 737 g/mol. The Balaban J connectivity index is 1.06. The minimum Gasteiger partial charge on any atom is -0.228 e. The van der Waals surface area contributed by atoms with Gasteiger partial charge in [0.2, 0.25) is 0 Å². The Morgan fingerprint density at radius 2 is 0.754 bits per heavy atom. The smallest absolute Gasteiger partial charge is 0.160 e. The number of nitrogens with zero attached hydrogens (tertiary/aromatic N) is 2. The topological polar surface area (TPSA) is 25.8 Å². The van der Waals surface area contributed by atoms with Gasteiger partial charge in [0.05, 0.1) is 11.4 Å². The van der Waals surface area contributed by atoms with Crippen molar-refractivity contribution in [2.75, 3.05) is 0 Å². The molecule has 2 heteroatoms. The standard InChI is InChI=1S/C59H42N2/c1-59(2)54-25-15-14-24-51(54)53-37-44(30-33-55(53)59)46-34-45(40-18-8-4-9-19-40)35-47(36-46)48-31-32-52(50-23-13-12-22-49(48)50)57-38-56(60-58(61-57)43-20-10-5-11-21-43)42-28-26-41(27-29-42)39-16-6-3-7-17-39/h3-38H,1-2H3. The van der Waals surface area contributed by atoms with Gasteiger partial charge in [-0.3, -0.25) is 0 Å². The van der Waals surface area contributed by atoms with Crippen LogP contribution in [0.3, 0.4) is 0 Å². The van der Waals surface area contributed by atoms with E-state index in [-0.39, 0.29) is 5.41 Å². The van der Waals surface area contributed by atoms with E-state index < -0.39 is 0 Å². The molecular formula is C59H42N2. The molecule has 0 radical (unpaired) electrons. The predicted octanol–water partition coefficient (Wildman–Crippen LogP) is 15.6. The number of fused-ring (bicyclic) bond motifs is 4. The van der Waals surface area contributed by atoms with E-state index in [1.54, 1.807) is 0 Å². The van der Waals surface area contributed by atoms with Crippen molar-refractivity contribution in [2.45, 2.75) is 19.3 Å². The van der Waals surface area contributed by atoms with Crippen LogP contribution in [0.4, 0.5) is 0 Å². The normalized spacial score (nSPS) is 12.6. The van der Waals surface area contributed by atoms with E-state index in [9.17, 15) is 0 Å². The molecule has 61 heavy (non-hydrogen) atoms. The second kappa shape index (κ2) is 14.9. The van der Waals surface area contributed by atoms with Crippen LogP contribution in [0.2, 0.25) is 0 Å². The van der Waals surface area contributed by atoms with Crippen molar-refractivity contribution in [3.63, 3.8) is 0 Å². The molecule has 0 saturated heterocycles. The third kappa shape index (κ3) is 6.54. The number of rotatable bonds is 7. The molecule has 10 aromatic rings. The Morgan fingerprint density at radius 3 is 1.46 bits per heavy atom. The Hall–Kier alpha value is -7.68. The molecule has 9 aromatic carbocycles. The SMILES string of the molecule is CC1(C)c2ccccc2-c2cc(-c3cc(-c4ccccc4)cc(-c4ccc(-c5cc(-c6ccc(-c7ccccc7)cc6)nc(-c6ccccc6)n5)c5ccccc45)c3)ccc21. The van der Waals surface area contributed by atoms with Gasteiger partial charge in [0.1, 0.15) is 0 Å². The first-order valence-corrected chi connectivity index (χ1v) is 21.1. The maximum Gasteiger partial charge on any atom is 0.160 e. The highest BCUT2D eigenvalue weighted by Crippen LogP contribution is 2.50. The van der Waals surface area contributed by atoms with Crippen molar-refractivity contribution in [1.29, 1.82) is 0 Å². The highest BCUT2D eigenvalue weighted by molar-refractivity contribution is 6.05. The molecule has 0 aliphatic heterocycles. The molecule has 1 aromatic heterocycles. The fraction of sp³-hybridized carbons (Fsp3) is 0.0508. The number of benzene rings is 9. The first-order valence-electron chi connectivity index (χ1n) is 21.1. The highest BCUT2D eigenvalue weighted by atomic mass is 14.9.